The van der Waals surface area contributed by atoms with Crippen LogP contribution in [0.5, 0.6) is 0 Å². The minimum Gasteiger partial charge on any atom is -0.480 e. The van der Waals surface area contributed by atoms with E-state index in [1.807, 2.05) is 4.90 Å². The molecule has 0 bridgehead atoms. The number of carbonyl (C=O) groups excluding carboxylic acids is 1. The normalized spacial score (nSPS) is 21.2. The van der Waals surface area contributed by atoms with Crippen molar-refractivity contribution in [2.75, 3.05) is 18.1 Å². The van der Waals surface area contributed by atoms with Crippen LogP contribution in [0.3, 0.4) is 0 Å². The van der Waals surface area contributed by atoms with E-state index in [9.17, 15) is 9.59 Å². The van der Waals surface area contributed by atoms with E-state index >= 15 is 0 Å². The molecule has 1 aliphatic rings. The van der Waals surface area contributed by atoms with Crippen molar-refractivity contribution in [2.24, 2.45) is 5.73 Å². The lowest BCUT2D eigenvalue weighted by Gasteiger charge is -2.35. The summed E-state index contributed by atoms with van der Waals surface area (Å²) < 4.78 is 0. The van der Waals surface area contributed by atoms with Crippen LogP contribution in [-0.2, 0) is 9.59 Å². The van der Waals surface area contributed by atoms with Crippen molar-refractivity contribution in [1.29, 1.82) is 0 Å². The number of hydrogen-bond donors (Lipinski definition) is 2. The predicted molar refractivity (Wildman–Crippen MR) is 77.2 cm³/mol. The molecule has 0 aliphatic carbocycles. The number of carbonyl (C=O) groups is 2. The Balaban J connectivity index is 2.24. The van der Waals surface area contributed by atoms with E-state index in [1.165, 1.54) is 18.2 Å². The zero-order valence-corrected chi connectivity index (χ0v) is 12.3. The van der Waals surface area contributed by atoms with Gasteiger partial charge in [0.05, 0.1) is 5.75 Å². The fraction of sp³-hybridized carbons (Fsp3) is 0.846. The Morgan fingerprint density at radius 1 is 1.47 bits per heavy atom. The van der Waals surface area contributed by atoms with E-state index in [-0.39, 0.29) is 5.91 Å². The van der Waals surface area contributed by atoms with Crippen molar-refractivity contribution in [1.82, 2.24) is 4.90 Å². The summed E-state index contributed by atoms with van der Waals surface area (Å²) in [7, 11) is 0. The molecule has 0 saturated carbocycles. The fourth-order valence-electron chi connectivity index (χ4n) is 2.33. The first-order valence-electron chi connectivity index (χ1n) is 6.91. The number of nitrogens with zero attached hydrogens (tertiary/aromatic N) is 1. The van der Waals surface area contributed by atoms with Gasteiger partial charge in [-0.15, -0.1) is 0 Å². The third-order valence-corrected chi connectivity index (χ3v) is 4.51. The molecule has 0 aromatic heterocycles. The highest BCUT2D eigenvalue weighted by Crippen LogP contribution is 2.20. The highest BCUT2D eigenvalue weighted by Gasteiger charge is 2.24. The van der Waals surface area contributed by atoms with E-state index < -0.39 is 12.0 Å². The first-order valence-corrected chi connectivity index (χ1v) is 8.07. The van der Waals surface area contributed by atoms with Crippen LogP contribution in [0.1, 0.15) is 39.0 Å². The van der Waals surface area contributed by atoms with E-state index in [1.54, 1.807) is 0 Å². The van der Waals surface area contributed by atoms with Gasteiger partial charge >= 0.3 is 5.97 Å². The monoisotopic (exact) mass is 288 g/mol. The molecule has 0 spiro atoms. The van der Waals surface area contributed by atoms with Crippen LogP contribution in [0.4, 0.5) is 0 Å². The number of carboxylic acids is 1. The smallest absolute Gasteiger partial charge is 0.320 e. The maximum absolute atomic E-state index is 12.1. The summed E-state index contributed by atoms with van der Waals surface area (Å²) in [6, 6.07) is -0.427. The third kappa shape index (κ3) is 5.40. The molecule has 3 N–H and O–H groups in total. The summed E-state index contributed by atoms with van der Waals surface area (Å²) in [5.74, 6) is 0.251. The summed E-state index contributed by atoms with van der Waals surface area (Å²) in [6.07, 6.45) is 4.83. The van der Waals surface area contributed by atoms with Crippen LogP contribution in [0.2, 0.25) is 0 Å². The zero-order chi connectivity index (χ0) is 14.3. The fourth-order valence-corrected chi connectivity index (χ4v) is 3.23. The van der Waals surface area contributed by atoms with Crippen molar-refractivity contribution in [2.45, 2.75) is 51.1 Å². The molecule has 2 unspecified atom stereocenters. The minimum atomic E-state index is -0.978. The maximum Gasteiger partial charge on any atom is 0.320 e. The average Bonchev–Trinajstić information content (AvgIpc) is 2.42. The lowest BCUT2D eigenvalue weighted by Crippen LogP contribution is -2.44. The molecule has 1 aliphatic heterocycles. The van der Waals surface area contributed by atoms with Gasteiger partial charge in [0.2, 0.25) is 5.91 Å². The van der Waals surface area contributed by atoms with Crippen molar-refractivity contribution in [3.05, 3.63) is 0 Å². The summed E-state index contributed by atoms with van der Waals surface area (Å²) in [5, 5.41) is 8.65. The molecule has 19 heavy (non-hydrogen) atoms. The van der Waals surface area contributed by atoms with E-state index in [0.29, 0.717) is 24.0 Å². The number of carboxylic acid groups (broad SMARTS) is 1. The van der Waals surface area contributed by atoms with Gasteiger partial charge in [0.15, 0.2) is 0 Å². The van der Waals surface area contributed by atoms with Gasteiger partial charge in [0.1, 0.15) is 6.04 Å². The molecule has 1 heterocycles. The average molecular weight is 288 g/mol. The second-order valence-corrected chi connectivity index (χ2v) is 6.04. The van der Waals surface area contributed by atoms with Crippen LogP contribution in [0.25, 0.3) is 0 Å². The Morgan fingerprint density at radius 2 is 2.21 bits per heavy atom. The van der Waals surface area contributed by atoms with E-state index in [4.69, 9.17) is 10.8 Å². The van der Waals surface area contributed by atoms with Crippen molar-refractivity contribution >= 4 is 23.6 Å². The highest BCUT2D eigenvalue weighted by atomic mass is 32.2. The van der Waals surface area contributed by atoms with Gasteiger partial charge in [0.25, 0.3) is 0 Å². The van der Waals surface area contributed by atoms with E-state index in [0.717, 1.165) is 25.8 Å². The number of amides is 1. The first kappa shape index (κ1) is 16.3. The molecular weight excluding hydrogens is 264 g/mol. The van der Waals surface area contributed by atoms with Crippen LogP contribution in [0, 0.1) is 0 Å². The van der Waals surface area contributed by atoms with Crippen molar-refractivity contribution in [3.63, 3.8) is 0 Å². The molecule has 5 nitrogen and oxygen atoms in total. The van der Waals surface area contributed by atoms with Gasteiger partial charge in [-0.1, -0.05) is 6.92 Å². The van der Waals surface area contributed by atoms with Gasteiger partial charge in [-0.3, -0.25) is 9.59 Å². The van der Waals surface area contributed by atoms with Crippen LogP contribution in [0.15, 0.2) is 0 Å². The Labute approximate surface area is 118 Å². The molecule has 1 amide bonds. The predicted octanol–water partition coefficient (Wildman–Crippen LogP) is 1.31. The number of rotatable bonds is 7. The number of thioether (sulfide) groups is 1. The Kier molecular flexibility index (Phi) is 7.23. The number of hydrogen-bond acceptors (Lipinski definition) is 4. The van der Waals surface area contributed by atoms with E-state index in [2.05, 4.69) is 6.92 Å². The molecule has 0 radical (unpaired) electrons. The SMILES string of the molecule is CCC1CCCCN1C(=O)CSCCC(N)C(=O)O. The highest BCUT2D eigenvalue weighted by molar-refractivity contribution is 7.99. The molecule has 6 heteroatoms. The number of aliphatic carboxylic acids is 1. The summed E-state index contributed by atoms with van der Waals surface area (Å²) in [5.41, 5.74) is 5.41. The van der Waals surface area contributed by atoms with Crippen LogP contribution >= 0.6 is 11.8 Å². The molecular formula is C13H24N2O3S. The van der Waals surface area contributed by atoms with Crippen molar-refractivity contribution < 1.29 is 14.7 Å². The quantitative estimate of drug-likeness (QED) is 0.690. The molecule has 0 aromatic carbocycles. The first-order chi connectivity index (χ1) is 9.06. The van der Waals surface area contributed by atoms with Crippen LogP contribution < -0.4 is 5.73 Å². The Hall–Kier alpha value is -0.750. The van der Waals surface area contributed by atoms with Crippen molar-refractivity contribution in [3.8, 4) is 0 Å². The van der Waals surface area contributed by atoms with Gasteiger partial charge in [-0.2, -0.15) is 11.8 Å². The topological polar surface area (TPSA) is 83.6 Å². The summed E-state index contributed by atoms with van der Waals surface area (Å²) >= 11 is 1.48. The summed E-state index contributed by atoms with van der Waals surface area (Å²) in [4.78, 5) is 24.6. The molecule has 0 aromatic rings. The lowest BCUT2D eigenvalue weighted by atomic mass is 10.0. The zero-order valence-electron chi connectivity index (χ0n) is 11.5. The number of piperidine rings is 1. The molecule has 1 fully saturated rings. The molecule has 2 atom stereocenters. The second kappa shape index (κ2) is 8.43. The minimum absolute atomic E-state index is 0.181. The Morgan fingerprint density at radius 3 is 2.84 bits per heavy atom. The standard InChI is InChI=1S/C13H24N2O3S/c1-2-10-5-3-4-7-15(10)12(16)9-19-8-6-11(14)13(17)18/h10-11H,2-9,14H2,1H3,(H,17,18). The number of nitrogens with two attached hydrogens (primary N) is 1. The third-order valence-electron chi connectivity index (χ3n) is 3.53. The Bertz CT molecular complexity index is 312. The van der Waals surface area contributed by atoms with Gasteiger partial charge in [0, 0.05) is 12.6 Å². The second-order valence-electron chi connectivity index (χ2n) is 4.93. The van der Waals surface area contributed by atoms with Gasteiger partial charge < -0.3 is 15.7 Å². The van der Waals surface area contributed by atoms with Gasteiger partial charge in [-0.05, 0) is 37.9 Å². The summed E-state index contributed by atoms with van der Waals surface area (Å²) in [6.45, 7) is 2.99. The molecule has 1 saturated heterocycles. The van der Waals surface area contributed by atoms with Gasteiger partial charge in [-0.25, -0.2) is 0 Å². The number of likely N-dealkylation sites (tertiary alicyclic amines) is 1. The molecule has 1 rings (SSSR count). The maximum atomic E-state index is 12.1. The van der Waals surface area contributed by atoms with Crippen LogP contribution in [-0.4, -0.2) is 52.0 Å². The molecule has 110 valence electrons. The largest absolute Gasteiger partial charge is 0.480 e. The lowest BCUT2D eigenvalue weighted by molar-refractivity contribution is -0.138.